The topological polar surface area (TPSA) is 42.2 Å². The summed E-state index contributed by atoms with van der Waals surface area (Å²) >= 11 is 0. The third-order valence-corrected chi connectivity index (χ3v) is 9.40. The van der Waals surface area contributed by atoms with Crippen LogP contribution in [-0.2, 0) is 0 Å². The summed E-state index contributed by atoms with van der Waals surface area (Å²) in [5.74, 6) is 0.806. The Labute approximate surface area is 276 Å². The molecule has 0 atom stereocenters. The van der Waals surface area contributed by atoms with Gasteiger partial charge in [0.25, 0.3) is 0 Å². The van der Waals surface area contributed by atoms with Crippen molar-refractivity contribution in [2.45, 2.75) is 0 Å². The number of para-hydroxylation sites is 1. The van der Waals surface area contributed by atoms with Crippen LogP contribution in [0.4, 0.5) is 17.2 Å². The first-order valence-corrected chi connectivity index (χ1v) is 16.2. The molecule has 0 N–H and O–H groups in total. The van der Waals surface area contributed by atoms with Crippen molar-refractivity contribution < 1.29 is 4.42 Å². The van der Waals surface area contributed by atoms with E-state index in [0.717, 1.165) is 72.2 Å². The van der Waals surface area contributed by atoms with Gasteiger partial charge in [0.15, 0.2) is 0 Å². The van der Waals surface area contributed by atoms with Crippen molar-refractivity contribution in [2.24, 2.45) is 0 Å². The van der Waals surface area contributed by atoms with Gasteiger partial charge in [-0.05, 0) is 76.1 Å². The van der Waals surface area contributed by atoms with Crippen LogP contribution in [0.3, 0.4) is 0 Å². The van der Waals surface area contributed by atoms with Gasteiger partial charge in [0, 0.05) is 38.9 Å². The van der Waals surface area contributed by atoms with E-state index in [4.69, 9.17) is 14.4 Å². The highest BCUT2D eigenvalue weighted by Crippen LogP contribution is 2.40. The zero-order chi connectivity index (χ0) is 31.6. The van der Waals surface area contributed by atoms with E-state index in [1.54, 1.807) is 0 Å². The molecule has 224 valence electrons. The first kappa shape index (κ1) is 26.7. The van der Waals surface area contributed by atoms with Gasteiger partial charge in [-0.2, -0.15) is 0 Å². The molecule has 0 unspecified atom stereocenters. The molecule has 3 heterocycles. The van der Waals surface area contributed by atoms with E-state index in [0.29, 0.717) is 0 Å². The van der Waals surface area contributed by atoms with Crippen molar-refractivity contribution >= 4 is 82.5 Å². The first-order valence-electron chi connectivity index (χ1n) is 16.2. The lowest BCUT2D eigenvalue weighted by molar-refractivity contribution is 0.669. The largest absolute Gasteiger partial charge is 0.456 e. The van der Waals surface area contributed by atoms with Crippen LogP contribution in [0.25, 0.3) is 76.5 Å². The minimum Gasteiger partial charge on any atom is -0.456 e. The highest BCUT2D eigenvalue weighted by molar-refractivity contribution is 6.16. The van der Waals surface area contributed by atoms with Gasteiger partial charge in [0.05, 0.1) is 22.4 Å². The normalized spacial score (nSPS) is 11.8. The van der Waals surface area contributed by atoms with Gasteiger partial charge in [0.1, 0.15) is 17.0 Å². The summed E-state index contributed by atoms with van der Waals surface area (Å²) in [6.45, 7) is 0. The number of aromatic nitrogens is 2. The molecule has 48 heavy (non-hydrogen) atoms. The fourth-order valence-corrected chi connectivity index (χ4v) is 7.05. The fraction of sp³-hybridized carbons (Fsp3) is 0. The van der Waals surface area contributed by atoms with Gasteiger partial charge in [-0.1, -0.05) is 103 Å². The van der Waals surface area contributed by atoms with Gasteiger partial charge in [0.2, 0.25) is 0 Å². The quantitative estimate of drug-likeness (QED) is 0.185. The smallest absolute Gasteiger partial charge is 0.138 e. The monoisotopic (exact) mass is 613 g/mol. The molecule has 3 aromatic heterocycles. The van der Waals surface area contributed by atoms with Crippen LogP contribution in [0, 0.1) is 0 Å². The Morgan fingerprint density at radius 2 is 1.06 bits per heavy atom. The predicted molar refractivity (Wildman–Crippen MR) is 199 cm³/mol. The van der Waals surface area contributed by atoms with E-state index in [1.807, 2.05) is 24.3 Å². The van der Waals surface area contributed by atoms with Crippen molar-refractivity contribution in [1.82, 2.24) is 9.97 Å². The molecule has 4 heteroatoms. The van der Waals surface area contributed by atoms with E-state index in [9.17, 15) is 0 Å². The second-order valence-corrected chi connectivity index (χ2v) is 12.3. The molecule has 0 spiro atoms. The molecule has 4 nitrogen and oxygen atoms in total. The molecule has 0 aliphatic heterocycles. The van der Waals surface area contributed by atoms with Crippen molar-refractivity contribution in [3.63, 3.8) is 0 Å². The average Bonchev–Trinajstić information content (AvgIpc) is 3.51. The van der Waals surface area contributed by atoms with Crippen molar-refractivity contribution in [1.29, 1.82) is 0 Å². The molecular formula is C44H27N3O. The molecule has 0 saturated carbocycles. The molecule has 7 aromatic carbocycles. The average molecular weight is 614 g/mol. The van der Waals surface area contributed by atoms with Crippen molar-refractivity contribution in [3.05, 3.63) is 164 Å². The Balaban J connectivity index is 1.16. The summed E-state index contributed by atoms with van der Waals surface area (Å²) < 4.78 is 6.60. The number of pyridine rings is 2. The van der Waals surface area contributed by atoms with Gasteiger partial charge in [-0.15, -0.1) is 0 Å². The lowest BCUT2D eigenvalue weighted by Crippen LogP contribution is -2.11. The van der Waals surface area contributed by atoms with Gasteiger partial charge >= 0.3 is 0 Å². The van der Waals surface area contributed by atoms with Gasteiger partial charge < -0.3 is 4.42 Å². The number of rotatable bonds is 4. The van der Waals surface area contributed by atoms with E-state index >= 15 is 0 Å². The van der Waals surface area contributed by atoms with Crippen LogP contribution in [0.2, 0.25) is 0 Å². The van der Waals surface area contributed by atoms with Crippen molar-refractivity contribution in [2.75, 3.05) is 4.90 Å². The molecular weight excluding hydrogens is 587 g/mol. The van der Waals surface area contributed by atoms with Crippen LogP contribution in [0.15, 0.2) is 168 Å². The number of furan rings is 1. The number of benzene rings is 7. The standard InChI is InChI=1S/C44H27N3O/c1-3-10-29(11-4-1)39-23-19-30-16-17-31-20-24-42(46-44(31)43(30)45-39)47(33-12-5-2-6-13-33)34-21-22-36-38-25-32-18-15-28-9-7-8-14-35(28)37(32)27-41(38)48-40(36)26-34/h1-27H. The minimum absolute atomic E-state index is 0.806. The number of nitrogens with zero attached hydrogens (tertiary/aromatic N) is 3. The van der Waals surface area contributed by atoms with Crippen LogP contribution < -0.4 is 4.90 Å². The Morgan fingerprint density at radius 3 is 1.92 bits per heavy atom. The molecule has 10 rings (SSSR count). The number of fused-ring (bicyclic) bond motifs is 9. The summed E-state index contributed by atoms with van der Waals surface area (Å²) in [5.41, 5.74) is 7.46. The second kappa shape index (κ2) is 10.5. The SMILES string of the molecule is c1ccc(-c2ccc3ccc4ccc(N(c5ccccc5)c5ccc6c(c5)oc5cc7c(ccc8ccccc87)cc56)nc4c3n2)cc1. The number of hydrogen-bond donors (Lipinski definition) is 0. The summed E-state index contributed by atoms with van der Waals surface area (Å²) in [5, 5.41) is 9.16. The summed E-state index contributed by atoms with van der Waals surface area (Å²) in [6, 6.07) is 57.2. The second-order valence-electron chi connectivity index (χ2n) is 12.3. The maximum absolute atomic E-state index is 6.60. The molecule has 0 aliphatic rings. The molecule has 0 bridgehead atoms. The van der Waals surface area contributed by atoms with Gasteiger partial charge in [-0.3, -0.25) is 4.90 Å². The molecule has 0 saturated heterocycles. The Bertz CT molecular complexity index is 2840. The highest BCUT2D eigenvalue weighted by atomic mass is 16.3. The Hall–Kier alpha value is -6.52. The lowest BCUT2D eigenvalue weighted by atomic mass is 10.00. The molecule has 0 aliphatic carbocycles. The molecule has 0 radical (unpaired) electrons. The van der Waals surface area contributed by atoms with Crippen molar-refractivity contribution in [3.8, 4) is 11.3 Å². The maximum Gasteiger partial charge on any atom is 0.138 e. The van der Waals surface area contributed by atoms with E-state index in [1.165, 1.54) is 21.5 Å². The third-order valence-electron chi connectivity index (χ3n) is 9.40. The highest BCUT2D eigenvalue weighted by Gasteiger charge is 2.18. The van der Waals surface area contributed by atoms with Crippen LogP contribution in [0.1, 0.15) is 0 Å². The van der Waals surface area contributed by atoms with Crippen LogP contribution >= 0.6 is 0 Å². The van der Waals surface area contributed by atoms with E-state index in [-0.39, 0.29) is 0 Å². The van der Waals surface area contributed by atoms with E-state index < -0.39 is 0 Å². The molecule has 10 aromatic rings. The Morgan fingerprint density at radius 1 is 0.396 bits per heavy atom. The molecule has 0 fully saturated rings. The third kappa shape index (κ3) is 4.24. The van der Waals surface area contributed by atoms with Crippen LogP contribution in [0.5, 0.6) is 0 Å². The molecule has 0 amide bonds. The maximum atomic E-state index is 6.60. The zero-order valence-electron chi connectivity index (χ0n) is 25.8. The van der Waals surface area contributed by atoms with Crippen LogP contribution in [-0.4, -0.2) is 9.97 Å². The fourth-order valence-electron chi connectivity index (χ4n) is 7.05. The van der Waals surface area contributed by atoms with Gasteiger partial charge in [-0.25, -0.2) is 9.97 Å². The number of anilines is 3. The lowest BCUT2D eigenvalue weighted by Gasteiger charge is -2.24. The Kier molecular flexibility index (Phi) is 5.84. The van der Waals surface area contributed by atoms with E-state index in [2.05, 4.69) is 144 Å². The number of hydrogen-bond acceptors (Lipinski definition) is 4. The zero-order valence-corrected chi connectivity index (χ0v) is 25.8. The summed E-state index contributed by atoms with van der Waals surface area (Å²) in [6.07, 6.45) is 0. The summed E-state index contributed by atoms with van der Waals surface area (Å²) in [4.78, 5) is 12.6. The minimum atomic E-state index is 0.806. The summed E-state index contributed by atoms with van der Waals surface area (Å²) in [7, 11) is 0. The predicted octanol–water partition coefficient (Wildman–Crippen LogP) is 12.1. The first-order chi connectivity index (χ1) is 23.8.